The van der Waals surface area contributed by atoms with Crippen LogP contribution in [0.25, 0.3) is 0 Å². The molecule has 2 aliphatic rings. The number of rotatable bonds is 3. The van der Waals surface area contributed by atoms with Crippen LogP contribution < -0.4 is 0 Å². The second-order valence-electron chi connectivity index (χ2n) is 6.05. The molecule has 2 rings (SSSR count). The lowest BCUT2D eigenvalue weighted by atomic mass is 9.84. The molecule has 0 saturated heterocycles. The maximum Gasteiger partial charge on any atom is 0.337 e. The molecule has 1 saturated carbocycles. The van der Waals surface area contributed by atoms with Gasteiger partial charge in [-0.2, -0.15) is 0 Å². The van der Waals surface area contributed by atoms with Crippen LogP contribution >= 0.6 is 0 Å². The Bertz CT molecular complexity index is 362. The number of ether oxygens (including phenoxy) is 2. The van der Waals surface area contributed by atoms with Crippen LogP contribution in [0.15, 0.2) is 11.8 Å². The summed E-state index contributed by atoms with van der Waals surface area (Å²) in [5.74, 6) is -0.521. The van der Waals surface area contributed by atoms with Crippen molar-refractivity contribution in [2.45, 2.75) is 64.3 Å². The molecule has 0 amide bonds. The minimum Gasteiger partial charge on any atom is -0.457 e. The molecule has 1 N–H and O–H groups in total. The van der Waals surface area contributed by atoms with E-state index in [1.54, 1.807) is 13.8 Å². The minimum atomic E-state index is -0.938. The zero-order chi connectivity index (χ0) is 13.4. The van der Waals surface area contributed by atoms with Crippen molar-refractivity contribution in [1.82, 2.24) is 0 Å². The molecule has 18 heavy (non-hydrogen) atoms. The minimum absolute atomic E-state index is 0.294. The van der Waals surface area contributed by atoms with Crippen LogP contribution in [0.5, 0.6) is 0 Å². The van der Waals surface area contributed by atoms with Gasteiger partial charge in [-0.05, 0) is 25.7 Å². The van der Waals surface area contributed by atoms with Gasteiger partial charge in [0.25, 0.3) is 0 Å². The van der Waals surface area contributed by atoms with E-state index >= 15 is 0 Å². The van der Waals surface area contributed by atoms with Crippen LogP contribution in [0.4, 0.5) is 0 Å². The lowest BCUT2D eigenvalue weighted by Crippen LogP contribution is -2.39. The lowest BCUT2D eigenvalue weighted by Gasteiger charge is -2.35. The quantitative estimate of drug-likeness (QED) is 0.786. The van der Waals surface area contributed by atoms with Gasteiger partial charge >= 0.3 is 5.97 Å². The molecule has 1 aliphatic carbocycles. The Morgan fingerprint density at radius 2 is 2.00 bits per heavy atom. The monoisotopic (exact) mass is 254 g/mol. The third-order valence-corrected chi connectivity index (χ3v) is 3.77. The first-order valence-corrected chi connectivity index (χ1v) is 6.63. The van der Waals surface area contributed by atoms with E-state index in [4.69, 9.17) is 9.47 Å². The number of hydrogen-bond acceptors (Lipinski definition) is 4. The van der Waals surface area contributed by atoms with Gasteiger partial charge in [0.1, 0.15) is 5.76 Å². The number of carbonyl (C=O) groups excluding carboxylic acids is 1. The Labute approximate surface area is 108 Å². The average molecular weight is 254 g/mol. The first kappa shape index (κ1) is 13.4. The molecule has 0 aromatic heterocycles. The van der Waals surface area contributed by atoms with Crippen molar-refractivity contribution in [3.8, 4) is 0 Å². The maximum atomic E-state index is 11.4. The SMILES string of the molecule is CC1(C)OC(=O)C=C(CC(C)(O)C2CCCC2)O1. The summed E-state index contributed by atoms with van der Waals surface area (Å²) in [5.41, 5.74) is -0.809. The normalized spacial score (nSPS) is 27.1. The Hall–Kier alpha value is -1.03. The zero-order valence-corrected chi connectivity index (χ0v) is 11.4. The second kappa shape index (κ2) is 4.57. The summed E-state index contributed by atoms with van der Waals surface area (Å²) in [7, 11) is 0. The molecule has 1 heterocycles. The van der Waals surface area contributed by atoms with E-state index < -0.39 is 17.4 Å². The van der Waals surface area contributed by atoms with E-state index in [0.29, 0.717) is 18.1 Å². The smallest absolute Gasteiger partial charge is 0.337 e. The van der Waals surface area contributed by atoms with Crippen LogP contribution in [0.3, 0.4) is 0 Å². The van der Waals surface area contributed by atoms with Gasteiger partial charge in [0, 0.05) is 20.3 Å². The highest BCUT2D eigenvalue weighted by molar-refractivity contribution is 5.83. The van der Waals surface area contributed by atoms with Gasteiger partial charge < -0.3 is 14.6 Å². The van der Waals surface area contributed by atoms with Crippen LogP contribution in [-0.2, 0) is 14.3 Å². The zero-order valence-electron chi connectivity index (χ0n) is 11.4. The summed E-state index contributed by atoms with van der Waals surface area (Å²) in [6.45, 7) is 5.23. The summed E-state index contributed by atoms with van der Waals surface area (Å²) in [6.07, 6.45) is 6.16. The van der Waals surface area contributed by atoms with Gasteiger partial charge in [-0.15, -0.1) is 0 Å². The van der Waals surface area contributed by atoms with E-state index in [1.165, 1.54) is 18.9 Å². The first-order chi connectivity index (χ1) is 8.28. The van der Waals surface area contributed by atoms with Crippen molar-refractivity contribution in [3.63, 3.8) is 0 Å². The molecule has 1 aliphatic heterocycles. The summed E-state index contributed by atoms with van der Waals surface area (Å²) in [6, 6.07) is 0. The molecule has 0 bridgehead atoms. The molecule has 1 atom stereocenters. The Kier molecular flexibility index (Phi) is 3.41. The highest BCUT2D eigenvalue weighted by Gasteiger charge is 2.38. The van der Waals surface area contributed by atoms with Crippen LogP contribution in [0, 0.1) is 5.92 Å². The fourth-order valence-corrected chi connectivity index (χ4v) is 2.90. The van der Waals surface area contributed by atoms with E-state index in [2.05, 4.69) is 0 Å². The van der Waals surface area contributed by atoms with Crippen molar-refractivity contribution in [3.05, 3.63) is 11.8 Å². The maximum absolute atomic E-state index is 11.4. The van der Waals surface area contributed by atoms with Gasteiger partial charge in [0.05, 0.1) is 11.7 Å². The third-order valence-electron chi connectivity index (χ3n) is 3.77. The van der Waals surface area contributed by atoms with Gasteiger partial charge in [0.2, 0.25) is 5.79 Å². The number of hydrogen-bond donors (Lipinski definition) is 1. The van der Waals surface area contributed by atoms with Crippen LogP contribution in [-0.4, -0.2) is 22.5 Å². The van der Waals surface area contributed by atoms with Gasteiger partial charge in [0.15, 0.2) is 0 Å². The van der Waals surface area contributed by atoms with Crippen LogP contribution in [0.2, 0.25) is 0 Å². The highest BCUT2D eigenvalue weighted by Crippen LogP contribution is 2.38. The Morgan fingerprint density at radius 1 is 1.39 bits per heavy atom. The number of aliphatic hydroxyl groups is 1. The van der Waals surface area contributed by atoms with Crippen molar-refractivity contribution in [1.29, 1.82) is 0 Å². The molecule has 102 valence electrons. The summed E-state index contributed by atoms with van der Waals surface area (Å²) < 4.78 is 10.6. The topological polar surface area (TPSA) is 55.8 Å². The predicted octanol–water partition coefficient (Wildman–Crippen LogP) is 2.51. The Balaban J connectivity index is 2.06. The molecule has 0 aromatic rings. The molecule has 0 aromatic carbocycles. The first-order valence-electron chi connectivity index (χ1n) is 6.63. The van der Waals surface area contributed by atoms with Crippen molar-refractivity contribution < 1.29 is 19.4 Å². The molecule has 1 unspecified atom stereocenters. The van der Waals surface area contributed by atoms with Gasteiger partial charge in [-0.25, -0.2) is 4.79 Å². The number of esters is 1. The van der Waals surface area contributed by atoms with E-state index in [9.17, 15) is 9.90 Å². The largest absolute Gasteiger partial charge is 0.457 e. The fraction of sp³-hybridized carbons (Fsp3) is 0.786. The van der Waals surface area contributed by atoms with Gasteiger partial charge in [-0.3, -0.25) is 0 Å². The van der Waals surface area contributed by atoms with E-state index in [-0.39, 0.29) is 0 Å². The molecule has 0 radical (unpaired) electrons. The summed E-state index contributed by atoms with van der Waals surface area (Å²) in [4.78, 5) is 11.4. The average Bonchev–Trinajstić information content (AvgIpc) is 2.65. The number of carbonyl (C=O) groups is 1. The standard InChI is InChI=1S/C14H22O4/c1-13(2)17-11(8-12(15)18-13)9-14(3,16)10-6-4-5-7-10/h8,10,16H,4-7,9H2,1-3H3. The fourth-order valence-electron chi connectivity index (χ4n) is 2.90. The molecule has 0 spiro atoms. The van der Waals surface area contributed by atoms with Crippen molar-refractivity contribution in [2.75, 3.05) is 0 Å². The Morgan fingerprint density at radius 3 is 2.56 bits per heavy atom. The molecular formula is C14H22O4. The van der Waals surface area contributed by atoms with E-state index in [0.717, 1.165) is 12.8 Å². The highest BCUT2D eigenvalue weighted by atomic mass is 16.7. The lowest BCUT2D eigenvalue weighted by molar-refractivity contribution is -0.208. The van der Waals surface area contributed by atoms with Crippen molar-refractivity contribution in [2.24, 2.45) is 5.92 Å². The van der Waals surface area contributed by atoms with E-state index in [1.807, 2.05) is 6.92 Å². The molecular weight excluding hydrogens is 232 g/mol. The third kappa shape index (κ3) is 3.05. The predicted molar refractivity (Wildman–Crippen MR) is 66.5 cm³/mol. The molecule has 4 heteroatoms. The summed E-state index contributed by atoms with van der Waals surface area (Å²) in [5, 5.41) is 10.5. The summed E-state index contributed by atoms with van der Waals surface area (Å²) >= 11 is 0. The van der Waals surface area contributed by atoms with Crippen molar-refractivity contribution >= 4 is 5.97 Å². The second-order valence-corrected chi connectivity index (χ2v) is 6.05. The van der Waals surface area contributed by atoms with Gasteiger partial charge in [-0.1, -0.05) is 12.8 Å². The van der Waals surface area contributed by atoms with Crippen LogP contribution in [0.1, 0.15) is 52.9 Å². The number of cyclic esters (lactones) is 1. The molecule has 4 nitrogen and oxygen atoms in total. The molecule has 1 fully saturated rings.